The molecule has 0 bridgehead atoms. The summed E-state index contributed by atoms with van der Waals surface area (Å²) >= 11 is 1.10. The van der Waals surface area contributed by atoms with Gasteiger partial charge >= 0.3 is 0 Å². The second-order valence-electron chi connectivity index (χ2n) is 5.97. The van der Waals surface area contributed by atoms with Crippen LogP contribution in [0.2, 0.25) is 0 Å². The maximum absolute atomic E-state index is 12.4. The molecule has 1 aromatic carbocycles. The number of hydrogen-bond acceptors (Lipinski definition) is 6. The molecule has 2 heterocycles. The van der Waals surface area contributed by atoms with Gasteiger partial charge in [-0.05, 0) is 25.1 Å². The second-order valence-corrected chi connectivity index (χ2v) is 6.97. The van der Waals surface area contributed by atoms with E-state index in [2.05, 4.69) is 10.3 Å². The molecule has 8 heteroatoms. The van der Waals surface area contributed by atoms with Gasteiger partial charge in [0.25, 0.3) is 5.91 Å². The molecule has 0 atom stereocenters. The van der Waals surface area contributed by atoms with Crippen molar-refractivity contribution in [1.82, 2.24) is 9.88 Å². The lowest BCUT2D eigenvalue weighted by atomic mass is 10.1. The Morgan fingerprint density at radius 1 is 1.26 bits per heavy atom. The summed E-state index contributed by atoms with van der Waals surface area (Å²) in [4.78, 5) is 42.7. The number of hydrogen-bond donors (Lipinski definition) is 1. The van der Waals surface area contributed by atoms with Crippen LogP contribution in [0, 0.1) is 6.92 Å². The van der Waals surface area contributed by atoms with E-state index in [-0.39, 0.29) is 16.9 Å². The summed E-state index contributed by atoms with van der Waals surface area (Å²) in [5, 5.41) is 3.37. The molecule has 0 aliphatic rings. The first-order valence-corrected chi connectivity index (χ1v) is 8.87. The van der Waals surface area contributed by atoms with Crippen LogP contribution in [0.5, 0.6) is 0 Å². The van der Waals surface area contributed by atoms with Crippen LogP contribution in [-0.4, -0.2) is 35.8 Å². The molecule has 138 valence electrons. The van der Waals surface area contributed by atoms with Crippen molar-refractivity contribution in [2.75, 3.05) is 19.4 Å². The van der Waals surface area contributed by atoms with Crippen molar-refractivity contribution in [1.29, 1.82) is 0 Å². The van der Waals surface area contributed by atoms with E-state index in [1.165, 1.54) is 23.3 Å². The number of thiazole rings is 1. The molecule has 3 aromatic rings. The summed E-state index contributed by atoms with van der Waals surface area (Å²) in [5.74, 6) is -0.630. The van der Waals surface area contributed by atoms with Gasteiger partial charge in [-0.25, -0.2) is 4.98 Å². The molecule has 0 unspecified atom stereocenters. The standard InChI is InChI=1S/C19H17N3O4S/c1-11-17(18(25)22(2)3)27-19(20-11)21-15(23)9-8-12-10-26-14-7-5-4-6-13(14)16(12)24/h4-10H,1-3H3,(H,20,21,23)/b9-8+. The van der Waals surface area contributed by atoms with E-state index in [1.807, 2.05) is 0 Å². The lowest BCUT2D eigenvalue weighted by Crippen LogP contribution is -2.21. The molecule has 0 fully saturated rings. The third-order valence-electron chi connectivity index (χ3n) is 3.75. The Bertz CT molecular complexity index is 1110. The predicted octanol–water partition coefficient (Wildman–Crippen LogP) is 2.91. The van der Waals surface area contributed by atoms with Gasteiger partial charge in [-0.1, -0.05) is 23.5 Å². The van der Waals surface area contributed by atoms with Crippen LogP contribution in [0.15, 0.2) is 45.8 Å². The second kappa shape index (κ2) is 7.55. The highest BCUT2D eigenvalue weighted by molar-refractivity contribution is 7.17. The first-order chi connectivity index (χ1) is 12.9. The topological polar surface area (TPSA) is 92.5 Å². The Morgan fingerprint density at radius 3 is 2.74 bits per heavy atom. The van der Waals surface area contributed by atoms with Crippen molar-refractivity contribution in [3.05, 3.63) is 63.0 Å². The van der Waals surface area contributed by atoms with Gasteiger partial charge in [-0.2, -0.15) is 0 Å². The van der Waals surface area contributed by atoms with Gasteiger partial charge in [0.15, 0.2) is 10.6 Å². The fraction of sp³-hybridized carbons (Fsp3) is 0.158. The zero-order chi connectivity index (χ0) is 19.6. The molecule has 27 heavy (non-hydrogen) atoms. The largest absolute Gasteiger partial charge is 0.463 e. The number of fused-ring (bicyclic) bond motifs is 1. The number of nitrogens with one attached hydrogen (secondary N) is 1. The number of benzene rings is 1. The summed E-state index contributed by atoms with van der Waals surface area (Å²) < 4.78 is 5.41. The quantitative estimate of drug-likeness (QED) is 0.700. The van der Waals surface area contributed by atoms with Gasteiger partial charge in [-0.3, -0.25) is 19.7 Å². The van der Waals surface area contributed by atoms with Gasteiger partial charge in [0.05, 0.1) is 16.6 Å². The molecule has 0 saturated heterocycles. The Morgan fingerprint density at radius 2 is 2.00 bits per heavy atom. The monoisotopic (exact) mass is 383 g/mol. The van der Waals surface area contributed by atoms with Gasteiger partial charge in [-0.15, -0.1) is 0 Å². The lowest BCUT2D eigenvalue weighted by molar-refractivity contribution is -0.111. The van der Waals surface area contributed by atoms with Crippen molar-refractivity contribution < 1.29 is 14.0 Å². The molecule has 0 radical (unpaired) electrons. The average molecular weight is 383 g/mol. The Kier molecular flexibility index (Phi) is 5.18. The van der Waals surface area contributed by atoms with Crippen LogP contribution < -0.4 is 10.7 Å². The maximum atomic E-state index is 12.4. The molecular formula is C19H17N3O4S. The molecule has 0 aliphatic heterocycles. The Balaban J connectivity index is 1.77. The third-order valence-corrected chi connectivity index (χ3v) is 4.81. The summed E-state index contributed by atoms with van der Waals surface area (Å²) in [6, 6.07) is 6.89. The van der Waals surface area contributed by atoms with Crippen molar-refractivity contribution >= 4 is 45.3 Å². The van der Waals surface area contributed by atoms with E-state index in [9.17, 15) is 14.4 Å². The van der Waals surface area contributed by atoms with Gasteiger partial charge < -0.3 is 9.32 Å². The van der Waals surface area contributed by atoms with Crippen LogP contribution >= 0.6 is 11.3 Å². The fourth-order valence-electron chi connectivity index (χ4n) is 2.37. The normalized spacial score (nSPS) is 11.1. The number of para-hydroxylation sites is 1. The van der Waals surface area contributed by atoms with E-state index >= 15 is 0 Å². The van der Waals surface area contributed by atoms with Crippen molar-refractivity contribution in [2.24, 2.45) is 0 Å². The number of carbonyl (C=O) groups is 2. The fourth-order valence-corrected chi connectivity index (χ4v) is 3.36. The van der Waals surface area contributed by atoms with Crippen LogP contribution in [0.1, 0.15) is 20.9 Å². The number of aromatic nitrogens is 1. The van der Waals surface area contributed by atoms with E-state index in [0.29, 0.717) is 26.7 Å². The predicted molar refractivity (Wildman–Crippen MR) is 105 cm³/mol. The highest BCUT2D eigenvalue weighted by Gasteiger charge is 2.17. The van der Waals surface area contributed by atoms with E-state index in [1.54, 1.807) is 45.3 Å². The van der Waals surface area contributed by atoms with E-state index in [4.69, 9.17) is 4.42 Å². The van der Waals surface area contributed by atoms with Crippen molar-refractivity contribution in [3.63, 3.8) is 0 Å². The van der Waals surface area contributed by atoms with Crippen molar-refractivity contribution in [3.8, 4) is 0 Å². The SMILES string of the molecule is Cc1nc(NC(=O)/C=C/c2coc3ccccc3c2=O)sc1C(=O)N(C)C. The minimum Gasteiger partial charge on any atom is -0.463 e. The first-order valence-electron chi connectivity index (χ1n) is 8.05. The molecular weight excluding hydrogens is 366 g/mol. The molecule has 0 saturated carbocycles. The van der Waals surface area contributed by atoms with Gasteiger partial charge in [0.1, 0.15) is 16.7 Å². The van der Waals surface area contributed by atoms with Gasteiger partial charge in [0.2, 0.25) is 5.91 Å². The zero-order valence-electron chi connectivity index (χ0n) is 15.0. The number of nitrogens with zero attached hydrogens (tertiary/aromatic N) is 2. The number of anilines is 1. The molecule has 7 nitrogen and oxygen atoms in total. The molecule has 0 spiro atoms. The highest BCUT2D eigenvalue weighted by Crippen LogP contribution is 2.23. The molecule has 0 aliphatic carbocycles. The summed E-state index contributed by atoms with van der Waals surface area (Å²) in [7, 11) is 3.30. The molecule has 2 amide bonds. The lowest BCUT2D eigenvalue weighted by Gasteiger charge is -2.07. The highest BCUT2D eigenvalue weighted by atomic mass is 32.1. The first kappa shape index (κ1) is 18.5. The maximum Gasteiger partial charge on any atom is 0.265 e. The Hall–Kier alpha value is -3.26. The van der Waals surface area contributed by atoms with Crippen LogP contribution in [0.4, 0.5) is 5.13 Å². The average Bonchev–Trinajstić information content (AvgIpc) is 3.00. The Labute approximate surface area is 158 Å². The van der Waals surface area contributed by atoms with Crippen molar-refractivity contribution in [2.45, 2.75) is 6.92 Å². The number of amides is 2. The summed E-state index contributed by atoms with van der Waals surface area (Å²) in [6.07, 6.45) is 3.93. The third kappa shape index (κ3) is 3.95. The summed E-state index contributed by atoms with van der Waals surface area (Å²) in [5.41, 5.74) is 1.08. The van der Waals surface area contributed by atoms with Crippen LogP contribution in [0.25, 0.3) is 17.0 Å². The van der Waals surface area contributed by atoms with E-state index in [0.717, 1.165) is 11.3 Å². The minimum atomic E-state index is -0.458. The zero-order valence-corrected chi connectivity index (χ0v) is 15.8. The van der Waals surface area contributed by atoms with Crippen LogP contribution in [0.3, 0.4) is 0 Å². The molecule has 3 rings (SSSR count). The number of carbonyl (C=O) groups excluding carboxylic acids is 2. The van der Waals surface area contributed by atoms with Crippen LogP contribution in [-0.2, 0) is 4.79 Å². The van der Waals surface area contributed by atoms with Gasteiger partial charge in [0, 0.05) is 20.2 Å². The smallest absolute Gasteiger partial charge is 0.265 e. The minimum absolute atomic E-state index is 0.171. The van der Waals surface area contributed by atoms with E-state index < -0.39 is 5.91 Å². The molecule has 2 aromatic heterocycles. The number of rotatable bonds is 4. The number of aryl methyl sites for hydroxylation is 1. The molecule has 1 N–H and O–H groups in total. The summed E-state index contributed by atoms with van der Waals surface area (Å²) in [6.45, 7) is 1.71.